The first-order chi connectivity index (χ1) is 8.00. The van der Waals surface area contributed by atoms with Crippen molar-refractivity contribution >= 4 is 11.9 Å². The van der Waals surface area contributed by atoms with Crippen LogP contribution in [-0.2, 0) is 9.59 Å². The lowest BCUT2D eigenvalue weighted by atomic mass is 9.52. The number of aliphatic carboxylic acids is 1. The number of carboxylic acid groups (broad SMARTS) is 1. The van der Waals surface area contributed by atoms with E-state index in [0.29, 0.717) is 0 Å². The molecule has 4 bridgehead atoms. The number of amides is 1. The maximum absolute atomic E-state index is 11.7. The van der Waals surface area contributed by atoms with Crippen molar-refractivity contribution in [3.63, 3.8) is 0 Å². The molecule has 0 saturated heterocycles. The summed E-state index contributed by atoms with van der Waals surface area (Å²) in [5.41, 5.74) is -0.135. The van der Waals surface area contributed by atoms with Crippen LogP contribution in [0.15, 0.2) is 0 Å². The van der Waals surface area contributed by atoms with Crippen molar-refractivity contribution in [2.45, 2.75) is 44.1 Å². The molecule has 0 spiro atoms. The van der Waals surface area contributed by atoms with Crippen molar-refractivity contribution < 1.29 is 14.7 Å². The van der Waals surface area contributed by atoms with Gasteiger partial charge in [-0.2, -0.15) is 0 Å². The third-order valence-electron chi connectivity index (χ3n) is 5.21. The topological polar surface area (TPSA) is 57.6 Å². The van der Waals surface area contributed by atoms with Gasteiger partial charge in [0, 0.05) is 12.6 Å². The fourth-order valence-electron chi connectivity index (χ4n) is 4.83. The highest BCUT2D eigenvalue weighted by molar-refractivity contribution is 6.31. The summed E-state index contributed by atoms with van der Waals surface area (Å²) in [6.07, 6.45) is 6.97. The van der Waals surface area contributed by atoms with E-state index in [1.165, 1.54) is 19.3 Å². The van der Waals surface area contributed by atoms with E-state index in [2.05, 4.69) is 0 Å². The molecule has 0 heterocycles. The van der Waals surface area contributed by atoms with Crippen LogP contribution in [0.5, 0.6) is 0 Å². The summed E-state index contributed by atoms with van der Waals surface area (Å²) in [6, 6.07) is 0. The van der Waals surface area contributed by atoms with Gasteiger partial charge in [-0.1, -0.05) is 0 Å². The Hall–Kier alpha value is -1.06. The quantitative estimate of drug-likeness (QED) is 0.703. The highest BCUT2D eigenvalue weighted by Crippen LogP contribution is 2.57. The van der Waals surface area contributed by atoms with Gasteiger partial charge in [0.25, 0.3) is 0 Å². The van der Waals surface area contributed by atoms with Gasteiger partial charge in [-0.25, -0.2) is 4.79 Å². The van der Waals surface area contributed by atoms with Gasteiger partial charge < -0.3 is 10.0 Å². The zero-order valence-electron chi connectivity index (χ0n) is 10.2. The zero-order valence-corrected chi connectivity index (χ0v) is 10.2. The lowest BCUT2D eigenvalue weighted by Crippen LogP contribution is -2.61. The number of rotatable bonds is 1. The number of likely N-dealkylation sites (N-methyl/N-ethyl adjacent to an activating group) is 1. The summed E-state index contributed by atoms with van der Waals surface area (Å²) in [7, 11) is 1.68. The SMILES string of the molecule is CN(C(=O)C(=O)O)C12CC3CC(CC(C3)C1)C2. The Morgan fingerprint density at radius 1 is 1.06 bits per heavy atom. The third-order valence-corrected chi connectivity index (χ3v) is 5.21. The third kappa shape index (κ3) is 1.57. The highest BCUT2D eigenvalue weighted by atomic mass is 16.4. The van der Waals surface area contributed by atoms with Gasteiger partial charge in [0.2, 0.25) is 0 Å². The van der Waals surface area contributed by atoms with Crippen LogP contribution in [0.1, 0.15) is 38.5 Å². The second-order valence-corrected chi connectivity index (χ2v) is 6.31. The molecule has 1 N–H and O–H groups in total. The van der Waals surface area contributed by atoms with Gasteiger partial charge in [0.1, 0.15) is 0 Å². The van der Waals surface area contributed by atoms with Gasteiger partial charge in [-0.05, 0) is 56.3 Å². The standard InChI is InChI=1S/C13H19NO3/c1-14(11(15)12(16)17)13-5-8-2-9(6-13)4-10(3-8)7-13/h8-10H,2-7H2,1H3,(H,16,17). The van der Waals surface area contributed by atoms with Crippen molar-refractivity contribution in [2.75, 3.05) is 7.05 Å². The number of nitrogens with zero attached hydrogens (tertiary/aromatic N) is 1. The van der Waals surface area contributed by atoms with Crippen LogP contribution in [-0.4, -0.2) is 34.5 Å². The minimum absolute atomic E-state index is 0.135. The molecule has 94 valence electrons. The molecule has 4 heteroatoms. The molecule has 0 aromatic rings. The number of hydrogen-bond donors (Lipinski definition) is 1. The maximum atomic E-state index is 11.7. The van der Waals surface area contributed by atoms with Gasteiger partial charge in [0.05, 0.1) is 0 Å². The molecule has 4 fully saturated rings. The van der Waals surface area contributed by atoms with Crippen LogP contribution in [0.3, 0.4) is 0 Å². The van der Waals surface area contributed by atoms with E-state index >= 15 is 0 Å². The molecular weight excluding hydrogens is 218 g/mol. The fourth-order valence-corrected chi connectivity index (χ4v) is 4.83. The molecule has 0 aliphatic heterocycles. The maximum Gasteiger partial charge on any atom is 0.394 e. The van der Waals surface area contributed by atoms with E-state index in [1.54, 1.807) is 11.9 Å². The smallest absolute Gasteiger partial charge is 0.394 e. The normalized spacial score (nSPS) is 42.5. The Labute approximate surface area is 101 Å². The second-order valence-electron chi connectivity index (χ2n) is 6.31. The molecule has 0 atom stereocenters. The lowest BCUT2D eigenvalue weighted by Gasteiger charge is -2.59. The summed E-state index contributed by atoms with van der Waals surface area (Å²) in [6.45, 7) is 0. The van der Waals surface area contributed by atoms with E-state index in [-0.39, 0.29) is 5.54 Å². The molecule has 4 aliphatic carbocycles. The van der Waals surface area contributed by atoms with Crippen LogP contribution in [0.25, 0.3) is 0 Å². The summed E-state index contributed by atoms with van der Waals surface area (Å²) >= 11 is 0. The first-order valence-electron chi connectivity index (χ1n) is 6.51. The van der Waals surface area contributed by atoms with Gasteiger partial charge in [0.15, 0.2) is 0 Å². The van der Waals surface area contributed by atoms with Crippen LogP contribution >= 0.6 is 0 Å². The van der Waals surface area contributed by atoms with Gasteiger partial charge in [-0.15, -0.1) is 0 Å². The largest absolute Gasteiger partial charge is 0.474 e. The van der Waals surface area contributed by atoms with Crippen LogP contribution in [0.2, 0.25) is 0 Å². The Morgan fingerprint density at radius 2 is 1.47 bits per heavy atom. The van der Waals surface area contributed by atoms with Crippen molar-refractivity contribution in [2.24, 2.45) is 17.8 Å². The van der Waals surface area contributed by atoms with E-state index in [4.69, 9.17) is 5.11 Å². The van der Waals surface area contributed by atoms with Crippen LogP contribution in [0.4, 0.5) is 0 Å². The minimum atomic E-state index is -1.32. The molecule has 0 aromatic heterocycles. The average Bonchev–Trinajstić information content (AvgIpc) is 2.25. The molecule has 1 amide bonds. The van der Waals surface area contributed by atoms with Crippen molar-refractivity contribution in [3.8, 4) is 0 Å². The van der Waals surface area contributed by atoms with E-state index in [9.17, 15) is 9.59 Å². The Kier molecular flexibility index (Phi) is 2.25. The van der Waals surface area contributed by atoms with Crippen molar-refractivity contribution in [1.29, 1.82) is 0 Å². The molecule has 4 nitrogen and oxygen atoms in total. The fraction of sp³-hybridized carbons (Fsp3) is 0.846. The summed E-state index contributed by atoms with van der Waals surface area (Å²) in [4.78, 5) is 24.1. The number of carbonyl (C=O) groups excluding carboxylic acids is 1. The average molecular weight is 237 g/mol. The Balaban J connectivity index is 1.86. The Bertz CT molecular complexity index is 342. The molecule has 4 aliphatic rings. The molecule has 0 aromatic carbocycles. The molecule has 4 saturated carbocycles. The number of carbonyl (C=O) groups is 2. The summed E-state index contributed by atoms with van der Waals surface area (Å²) < 4.78 is 0. The Morgan fingerprint density at radius 3 is 1.82 bits per heavy atom. The van der Waals surface area contributed by atoms with E-state index < -0.39 is 11.9 Å². The van der Waals surface area contributed by atoms with E-state index in [1.807, 2.05) is 0 Å². The molecule has 0 radical (unpaired) electrons. The van der Waals surface area contributed by atoms with Crippen LogP contribution < -0.4 is 0 Å². The monoisotopic (exact) mass is 237 g/mol. The van der Waals surface area contributed by atoms with Crippen molar-refractivity contribution in [1.82, 2.24) is 4.90 Å². The predicted octanol–water partition coefficient (Wildman–Crippen LogP) is 1.50. The molecule has 4 rings (SSSR count). The van der Waals surface area contributed by atoms with Crippen molar-refractivity contribution in [3.05, 3.63) is 0 Å². The van der Waals surface area contributed by atoms with Gasteiger partial charge >= 0.3 is 11.9 Å². The zero-order chi connectivity index (χ0) is 12.2. The lowest BCUT2D eigenvalue weighted by molar-refractivity contribution is -0.164. The molecular formula is C13H19NO3. The number of hydrogen-bond acceptors (Lipinski definition) is 2. The summed E-state index contributed by atoms with van der Waals surface area (Å²) in [5.74, 6) is 0.135. The first kappa shape index (κ1) is 11.1. The minimum Gasteiger partial charge on any atom is -0.474 e. The number of carboxylic acids is 1. The summed E-state index contributed by atoms with van der Waals surface area (Å²) in [5, 5.41) is 8.86. The second kappa shape index (κ2) is 3.47. The molecule has 0 unspecified atom stereocenters. The highest BCUT2D eigenvalue weighted by Gasteiger charge is 2.54. The predicted molar refractivity (Wildman–Crippen MR) is 61.3 cm³/mol. The van der Waals surface area contributed by atoms with Crippen LogP contribution in [0, 0.1) is 17.8 Å². The van der Waals surface area contributed by atoms with E-state index in [0.717, 1.165) is 37.0 Å². The first-order valence-corrected chi connectivity index (χ1v) is 6.51. The molecule has 17 heavy (non-hydrogen) atoms. The van der Waals surface area contributed by atoms with Gasteiger partial charge in [-0.3, -0.25) is 4.79 Å².